The number of hydrogen-bond acceptors (Lipinski definition) is 14. The quantitative estimate of drug-likeness (QED) is 0.125. The van der Waals surface area contributed by atoms with E-state index in [1.807, 2.05) is 36.4 Å². The van der Waals surface area contributed by atoms with E-state index in [1.54, 1.807) is 17.9 Å². The van der Waals surface area contributed by atoms with Crippen LogP contribution in [0.5, 0.6) is 23.5 Å². The van der Waals surface area contributed by atoms with Crippen molar-refractivity contribution < 1.29 is 24.9 Å². The number of nitrogens with zero attached hydrogens (tertiary/aromatic N) is 11. The lowest BCUT2D eigenvalue weighted by molar-refractivity contribution is -0.128. The summed E-state index contributed by atoms with van der Waals surface area (Å²) in [7, 11) is 0. The van der Waals surface area contributed by atoms with Crippen molar-refractivity contribution in [2.45, 2.75) is 38.9 Å². The third-order valence-corrected chi connectivity index (χ3v) is 13.0. The van der Waals surface area contributed by atoms with Crippen LogP contribution in [0.15, 0.2) is 85.5 Å². The van der Waals surface area contributed by atoms with Crippen molar-refractivity contribution in [1.29, 1.82) is 5.26 Å². The summed E-state index contributed by atoms with van der Waals surface area (Å²) in [5.41, 5.74) is 5.63. The van der Waals surface area contributed by atoms with Gasteiger partial charge in [-0.2, -0.15) is 15.2 Å². The topological polar surface area (TPSA) is 183 Å². The number of phenolic OH excluding ortho intramolecular Hbond substituents is 2. The zero-order valence-corrected chi connectivity index (χ0v) is 36.9. The molecule has 0 bridgehead atoms. The molecule has 6 aromatic rings. The SMILES string of the molecule is C=CC(=O)N1CCN(c2nc(OCCN3CCN(Cc4ccc(-n5c(O)nnc5-c5cc(C)c(O)cc5O)cc4)CC3)nc3c2CCN(c2cccc4cccc(Cl)c24)C3)CC1CC#N. The fourth-order valence-corrected chi connectivity index (χ4v) is 9.47. The predicted octanol–water partition coefficient (Wildman–Crippen LogP) is 5.83. The van der Waals surface area contributed by atoms with Gasteiger partial charge < -0.3 is 34.8 Å². The average Bonchev–Trinajstić information content (AvgIpc) is 3.70. The van der Waals surface area contributed by atoms with Gasteiger partial charge in [-0.1, -0.05) is 59.7 Å². The summed E-state index contributed by atoms with van der Waals surface area (Å²) in [5.74, 6) is 0.666. The van der Waals surface area contributed by atoms with Gasteiger partial charge in [0.2, 0.25) is 5.91 Å². The molecule has 3 aliphatic rings. The molecule has 5 heterocycles. The van der Waals surface area contributed by atoms with Gasteiger partial charge >= 0.3 is 12.0 Å². The van der Waals surface area contributed by atoms with Crippen LogP contribution in [0, 0.1) is 18.3 Å². The van der Waals surface area contributed by atoms with Crippen LogP contribution in [0.2, 0.25) is 5.02 Å². The Morgan fingerprint density at radius 3 is 2.46 bits per heavy atom. The number of anilines is 2. The molecule has 2 saturated heterocycles. The summed E-state index contributed by atoms with van der Waals surface area (Å²) in [5, 5.41) is 51.6. The average molecular weight is 896 g/mol. The Morgan fingerprint density at radius 1 is 0.923 bits per heavy atom. The second kappa shape index (κ2) is 18.7. The van der Waals surface area contributed by atoms with Gasteiger partial charge in [0.25, 0.3) is 0 Å². The van der Waals surface area contributed by atoms with E-state index in [0.29, 0.717) is 73.6 Å². The first-order valence-corrected chi connectivity index (χ1v) is 22.2. The first-order valence-electron chi connectivity index (χ1n) is 21.8. The van der Waals surface area contributed by atoms with E-state index in [-0.39, 0.29) is 41.7 Å². The van der Waals surface area contributed by atoms with Crippen LogP contribution in [0.1, 0.15) is 28.8 Å². The lowest BCUT2D eigenvalue weighted by Crippen LogP contribution is -2.55. The standard InChI is InChI=1S/C48H50ClN11O5/c1-3-43(63)59-23-22-58(29-35(59)14-16-50)45-36-15-17-57(40-9-5-7-33-6-4-8-38(49)44(33)40)30-39(36)51-47(52-45)65-25-24-55-18-20-56(21-19-55)28-32-10-12-34(13-11-32)60-46(53-54-48(60)64)37-26-31(2)41(61)27-42(37)62/h3-13,26-27,35,61-62H,1,14-15,17-25,28-30H2,2H3,(H,54,64). The molecule has 2 fully saturated rings. The van der Waals surface area contributed by atoms with E-state index in [1.165, 1.54) is 16.7 Å². The second-order valence-corrected chi connectivity index (χ2v) is 17.1. The van der Waals surface area contributed by atoms with Crippen LogP contribution >= 0.6 is 11.6 Å². The lowest BCUT2D eigenvalue weighted by atomic mass is 10.0. The number of halogens is 1. The molecule has 1 atom stereocenters. The monoisotopic (exact) mass is 895 g/mol. The highest BCUT2D eigenvalue weighted by atomic mass is 35.5. The fourth-order valence-electron chi connectivity index (χ4n) is 9.19. The number of fused-ring (bicyclic) bond motifs is 2. The summed E-state index contributed by atoms with van der Waals surface area (Å²) < 4.78 is 7.85. The molecule has 9 rings (SSSR count). The summed E-state index contributed by atoms with van der Waals surface area (Å²) in [6.45, 7) is 13.5. The number of aromatic nitrogens is 5. The largest absolute Gasteiger partial charge is 0.508 e. The highest BCUT2D eigenvalue weighted by molar-refractivity contribution is 6.36. The van der Waals surface area contributed by atoms with Crippen molar-refractivity contribution in [3.63, 3.8) is 0 Å². The number of carbonyl (C=O) groups excluding carboxylic acids is 1. The molecule has 2 aromatic heterocycles. The van der Waals surface area contributed by atoms with Gasteiger partial charge in [-0.15, -0.1) is 5.10 Å². The molecule has 0 spiro atoms. The Kier molecular flexibility index (Phi) is 12.4. The number of aryl methyl sites for hydroxylation is 1. The third-order valence-electron chi connectivity index (χ3n) is 12.7. The van der Waals surface area contributed by atoms with E-state index < -0.39 is 0 Å². The molecule has 4 aromatic carbocycles. The van der Waals surface area contributed by atoms with Crippen molar-refractivity contribution in [3.8, 4) is 46.7 Å². The number of piperazine rings is 2. The molecule has 1 unspecified atom stereocenters. The maximum Gasteiger partial charge on any atom is 0.319 e. The number of carbonyl (C=O) groups is 1. The Bertz CT molecular complexity index is 2780. The van der Waals surface area contributed by atoms with Crippen molar-refractivity contribution in [3.05, 3.63) is 113 Å². The molecular formula is C48H50ClN11O5. The molecule has 0 aliphatic carbocycles. The van der Waals surface area contributed by atoms with E-state index >= 15 is 0 Å². The molecular weight excluding hydrogens is 846 g/mol. The van der Waals surface area contributed by atoms with Crippen LogP contribution in [0.25, 0.3) is 27.8 Å². The molecule has 3 N–H and O–H groups in total. The number of hydrogen-bond donors (Lipinski definition) is 3. The number of ether oxygens (including phenoxy) is 1. The first-order chi connectivity index (χ1) is 31.6. The fraction of sp³-hybridized carbons (Fsp3) is 0.333. The molecule has 0 saturated carbocycles. The maximum absolute atomic E-state index is 12.7. The maximum atomic E-state index is 12.7. The van der Waals surface area contributed by atoms with Gasteiger partial charge in [-0.25, -0.2) is 4.57 Å². The highest BCUT2D eigenvalue weighted by Gasteiger charge is 2.34. The van der Waals surface area contributed by atoms with E-state index in [0.717, 1.165) is 78.4 Å². The molecule has 16 nitrogen and oxygen atoms in total. The Balaban J connectivity index is 0.856. The van der Waals surface area contributed by atoms with Gasteiger partial charge in [-0.05, 0) is 66.3 Å². The summed E-state index contributed by atoms with van der Waals surface area (Å²) >= 11 is 6.77. The van der Waals surface area contributed by atoms with Crippen LogP contribution in [-0.4, -0.2) is 132 Å². The zero-order chi connectivity index (χ0) is 45.2. The second-order valence-electron chi connectivity index (χ2n) is 16.7. The number of aromatic hydroxyl groups is 3. The van der Waals surface area contributed by atoms with Gasteiger partial charge in [0, 0.05) is 88.2 Å². The zero-order valence-electron chi connectivity index (χ0n) is 36.1. The normalized spacial score (nSPS) is 16.9. The van der Waals surface area contributed by atoms with E-state index in [9.17, 15) is 25.4 Å². The van der Waals surface area contributed by atoms with Crippen molar-refractivity contribution in [2.75, 3.05) is 75.3 Å². The van der Waals surface area contributed by atoms with Crippen LogP contribution < -0.4 is 14.5 Å². The highest BCUT2D eigenvalue weighted by Crippen LogP contribution is 2.39. The molecule has 17 heteroatoms. The van der Waals surface area contributed by atoms with Gasteiger partial charge in [0.05, 0.1) is 47.0 Å². The van der Waals surface area contributed by atoms with Gasteiger partial charge in [-0.3, -0.25) is 14.6 Å². The molecule has 1 amide bonds. The Hall–Kier alpha value is -6.93. The van der Waals surface area contributed by atoms with E-state index in [2.05, 4.69) is 66.7 Å². The predicted molar refractivity (Wildman–Crippen MR) is 248 cm³/mol. The minimum atomic E-state index is -0.312. The molecule has 0 radical (unpaired) electrons. The van der Waals surface area contributed by atoms with Crippen LogP contribution in [0.3, 0.4) is 0 Å². The smallest absolute Gasteiger partial charge is 0.319 e. The van der Waals surface area contributed by atoms with E-state index in [4.69, 9.17) is 26.3 Å². The lowest BCUT2D eigenvalue weighted by Gasteiger charge is -2.42. The number of rotatable bonds is 12. The minimum Gasteiger partial charge on any atom is -0.508 e. The molecule has 3 aliphatic heterocycles. The van der Waals surface area contributed by atoms with Crippen molar-refractivity contribution >= 4 is 39.8 Å². The number of amides is 1. The molecule has 334 valence electrons. The van der Waals surface area contributed by atoms with Crippen LogP contribution in [0.4, 0.5) is 11.5 Å². The number of phenols is 2. The van der Waals surface area contributed by atoms with Crippen LogP contribution in [-0.2, 0) is 24.3 Å². The molecule has 65 heavy (non-hydrogen) atoms. The summed E-state index contributed by atoms with van der Waals surface area (Å²) in [4.78, 5) is 33.8. The number of benzene rings is 4. The van der Waals surface area contributed by atoms with Gasteiger partial charge in [0.1, 0.15) is 23.9 Å². The minimum absolute atomic E-state index is 0.0366. The van der Waals surface area contributed by atoms with Crippen molar-refractivity contribution in [2.24, 2.45) is 0 Å². The third kappa shape index (κ3) is 8.95. The first kappa shape index (κ1) is 43.3. The van der Waals surface area contributed by atoms with Gasteiger partial charge in [0.15, 0.2) is 5.82 Å². The Labute approximate surface area is 381 Å². The summed E-state index contributed by atoms with van der Waals surface area (Å²) in [6.07, 6.45) is 2.22. The summed E-state index contributed by atoms with van der Waals surface area (Å²) in [6, 6.07) is 24.8. The van der Waals surface area contributed by atoms with Crippen molar-refractivity contribution in [1.82, 2.24) is 39.4 Å². The number of nitriles is 1. The Morgan fingerprint density at radius 2 is 1.69 bits per heavy atom.